The fourth-order valence-electron chi connectivity index (χ4n) is 1.68. The predicted octanol–water partition coefficient (Wildman–Crippen LogP) is 2.64. The molecular formula is C12H16ClNO2. The van der Waals surface area contributed by atoms with Crippen molar-refractivity contribution in [2.45, 2.75) is 31.7 Å². The Hall–Kier alpha value is -1.06. The maximum absolute atomic E-state index is 10.8. The van der Waals surface area contributed by atoms with Crippen LogP contribution < -0.4 is 5.73 Å². The first-order valence-electron chi connectivity index (χ1n) is 5.07. The van der Waals surface area contributed by atoms with Crippen LogP contribution in [0.4, 0.5) is 0 Å². The number of hydrogen-bond acceptors (Lipinski definition) is 2. The number of benzene rings is 1. The Kier molecular flexibility index (Phi) is 3.94. The number of hydrogen-bond donors (Lipinski definition) is 2. The van der Waals surface area contributed by atoms with Crippen molar-refractivity contribution in [1.82, 2.24) is 0 Å². The highest BCUT2D eigenvalue weighted by atomic mass is 35.5. The molecule has 0 spiro atoms. The molecule has 16 heavy (non-hydrogen) atoms. The maximum Gasteiger partial charge on any atom is 0.304 e. The van der Waals surface area contributed by atoms with Crippen LogP contribution in [0.15, 0.2) is 24.3 Å². The first kappa shape index (κ1) is 13.0. The standard InChI is InChI=1S/C12H16ClNO2/c1-12(2,14)10(7-11(15)16)8-3-5-9(13)6-4-8/h3-6,10H,7,14H2,1-2H3,(H,15,16). The Labute approximate surface area is 100 Å². The summed E-state index contributed by atoms with van der Waals surface area (Å²) in [4.78, 5) is 10.8. The molecule has 0 heterocycles. The third-order valence-electron chi connectivity index (χ3n) is 2.55. The number of carboxylic acids is 1. The molecule has 1 aromatic rings. The molecular weight excluding hydrogens is 226 g/mol. The van der Waals surface area contributed by atoms with Gasteiger partial charge in [0.2, 0.25) is 0 Å². The summed E-state index contributed by atoms with van der Waals surface area (Å²) in [6.07, 6.45) is 0.0190. The van der Waals surface area contributed by atoms with E-state index in [0.717, 1.165) is 5.56 Å². The van der Waals surface area contributed by atoms with Gasteiger partial charge in [-0.25, -0.2) is 0 Å². The van der Waals surface area contributed by atoms with E-state index in [9.17, 15) is 4.79 Å². The highest BCUT2D eigenvalue weighted by Crippen LogP contribution is 2.30. The van der Waals surface area contributed by atoms with Crippen molar-refractivity contribution < 1.29 is 9.90 Å². The van der Waals surface area contributed by atoms with E-state index in [4.69, 9.17) is 22.4 Å². The van der Waals surface area contributed by atoms with Crippen molar-refractivity contribution >= 4 is 17.6 Å². The van der Waals surface area contributed by atoms with Crippen LogP contribution in [0, 0.1) is 0 Å². The Bertz CT molecular complexity index is 368. The number of aliphatic carboxylic acids is 1. The predicted molar refractivity (Wildman–Crippen MR) is 64.7 cm³/mol. The second kappa shape index (κ2) is 4.85. The highest BCUT2D eigenvalue weighted by molar-refractivity contribution is 6.30. The Balaban J connectivity index is 3.01. The van der Waals surface area contributed by atoms with E-state index >= 15 is 0 Å². The molecule has 88 valence electrons. The molecule has 1 rings (SSSR count). The van der Waals surface area contributed by atoms with E-state index < -0.39 is 11.5 Å². The van der Waals surface area contributed by atoms with Crippen molar-refractivity contribution in [2.24, 2.45) is 5.73 Å². The highest BCUT2D eigenvalue weighted by Gasteiger charge is 2.28. The van der Waals surface area contributed by atoms with Gasteiger partial charge >= 0.3 is 5.97 Å². The first-order valence-corrected chi connectivity index (χ1v) is 5.44. The zero-order chi connectivity index (χ0) is 12.3. The van der Waals surface area contributed by atoms with Gasteiger partial charge in [0.15, 0.2) is 0 Å². The van der Waals surface area contributed by atoms with Crippen LogP contribution in [-0.2, 0) is 4.79 Å². The van der Waals surface area contributed by atoms with Gasteiger partial charge in [0.05, 0.1) is 6.42 Å². The molecule has 0 aliphatic rings. The molecule has 0 saturated carbocycles. The number of carboxylic acid groups (broad SMARTS) is 1. The largest absolute Gasteiger partial charge is 0.481 e. The summed E-state index contributed by atoms with van der Waals surface area (Å²) in [5.41, 5.74) is 6.33. The number of nitrogens with two attached hydrogens (primary N) is 1. The molecule has 1 atom stereocenters. The molecule has 0 bridgehead atoms. The van der Waals surface area contributed by atoms with E-state index in [1.54, 1.807) is 12.1 Å². The average molecular weight is 242 g/mol. The minimum Gasteiger partial charge on any atom is -0.481 e. The van der Waals surface area contributed by atoms with Gasteiger partial charge in [-0.15, -0.1) is 0 Å². The summed E-state index contributed by atoms with van der Waals surface area (Å²) >= 11 is 5.79. The van der Waals surface area contributed by atoms with Gasteiger partial charge in [-0.1, -0.05) is 23.7 Å². The Morgan fingerprint density at radius 2 is 1.94 bits per heavy atom. The second-order valence-corrected chi connectivity index (χ2v) is 4.96. The minimum atomic E-state index is -0.849. The fraction of sp³-hybridized carbons (Fsp3) is 0.417. The number of carbonyl (C=O) groups is 1. The minimum absolute atomic E-state index is 0.0190. The smallest absolute Gasteiger partial charge is 0.304 e. The lowest BCUT2D eigenvalue weighted by atomic mass is 9.80. The monoisotopic (exact) mass is 241 g/mol. The van der Waals surface area contributed by atoms with Crippen molar-refractivity contribution in [3.8, 4) is 0 Å². The van der Waals surface area contributed by atoms with Gasteiger partial charge < -0.3 is 10.8 Å². The third-order valence-corrected chi connectivity index (χ3v) is 2.80. The van der Waals surface area contributed by atoms with Crippen molar-refractivity contribution in [1.29, 1.82) is 0 Å². The second-order valence-electron chi connectivity index (χ2n) is 4.52. The van der Waals surface area contributed by atoms with Crippen LogP contribution in [-0.4, -0.2) is 16.6 Å². The lowest BCUT2D eigenvalue weighted by Gasteiger charge is -2.29. The van der Waals surface area contributed by atoms with Crippen LogP contribution >= 0.6 is 11.6 Å². The SMILES string of the molecule is CC(C)(N)C(CC(=O)O)c1ccc(Cl)cc1. The molecule has 0 fully saturated rings. The molecule has 3 nitrogen and oxygen atoms in total. The number of rotatable bonds is 4. The van der Waals surface area contributed by atoms with Gasteiger partial charge in [0.25, 0.3) is 0 Å². The van der Waals surface area contributed by atoms with Crippen LogP contribution in [0.5, 0.6) is 0 Å². The zero-order valence-electron chi connectivity index (χ0n) is 9.40. The molecule has 0 aliphatic heterocycles. The van der Waals surface area contributed by atoms with Crippen molar-refractivity contribution in [3.05, 3.63) is 34.9 Å². The van der Waals surface area contributed by atoms with E-state index in [2.05, 4.69) is 0 Å². The van der Waals surface area contributed by atoms with Crippen LogP contribution in [0.3, 0.4) is 0 Å². The summed E-state index contributed by atoms with van der Waals surface area (Å²) < 4.78 is 0. The van der Waals surface area contributed by atoms with Crippen molar-refractivity contribution in [3.63, 3.8) is 0 Å². The van der Waals surface area contributed by atoms with Gasteiger partial charge in [-0.3, -0.25) is 4.79 Å². The molecule has 1 aromatic carbocycles. The quantitative estimate of drug-likeness (QED) is 0.852. The van der Waals surface area contributed by atoms with Crippen LogP contribution in [0.1, 0.15) is 31.7 Å². The van der Waals surface area contributed by atoms with E-state index in [1.807, 2.05) is 26.0 Å². The first-order chi connectivity index (χ1) is 7.30. The fourth-order valence-corrected chi connectivity index (χ4v) is 1.81. The molecule has 0 radical (unpaired) electrons. The van der Waals surface area contributed by atoms with Gasteiger partial charge in [0, 0.05) is 16.5 Å². The van der Waals surface area contributed by atoms with Gasteiger partial charge in [0.1, 0.15) is 0 Å². The van der Waals surface area contributed by atoms with Crippen LogP contribution in [0.25, 0.3) is 0 Å². The van der Waals surface area contributed by atoms with E-state index in [1.165, 1.54) is 0 Å². The van der Waals surface area contributed by atoms with Gasteiger partial charge in [-0.2, -0.15) is 0 Å². The molecule has 0 aromatic heterocycles. The topological polar surface area (TPSA) is 63.3 Å². The molecule has 3 N–H and O–H groups in total. The normalized spacial score (nSPS) is 13.5. The van der Waals surface area contributed by atoms with E-state index in [0.29, 0.717) is 5.02 Å². The summed E-state index contributed by atoms with van der Waals surface area (Å²) in [5.74, 6) is -1.07. The lowest BCUT2D eigenvalue weighted by Crippen LogP contribution is -2.40. The average Bonchev–Trinajstić information content (AvgIpc) is 2.14. The summed E-state index contributed by atoms with van der Waals surface area (Å²) in [5, 5.41) is 9.51. The van der Waals surface area contributed by atoms with Gasteiger partial charge in [-0.05, 0) is 31.5 Å². The van der Waals surface area contributed by atoms with Crippen LogP contribution in [0.2, 0.25) is 5.02 Å². The lowest BCUT2D eigenvalue weighted by molar-refractivity contribution is -0.137. The Morgan fingerprint density at radius 3 is 2.31 bits per heavy atom. The molecule has 0 saturated heterocycles. The van der Waals surface area contributed by atoms with Crippen molar-refractivity contribution in [2.75, 3.05) is 0 Å². The molecule has 1 unspecified atom stereocenters. The summed E-state index contributed by atoms with van der Waals surface area (Å²) in [6.45, 7) is 3.66. The molecule has 4 heteroatoms. The Morgan fingerprint density at radius 1 is 1.44 bits per heavy atom. The maximum atomic E-state index is 10.8. The summed E-state index contributed by atoms with van der Waals surface area (Å²) in [7, 11) is 0. The van der Waals surface area contributed by atoms with E-state index in [-0.39, 0.29) is 12.3 Å². The third kappa shape index (κ3) is 3.51. The molecule has 0 aliphatic carbocycles. The summed E-state index contributed by atoms with van der Waals surface area (Å²) in [6, 6.07) is 7.14. The number of halogens is 1. The molecule has 0 amide bonds. The zero-order valence-corrected chi connectivity index (χ0v) is 10.2.